The average molecular weight is 462 g/mol. The molecule has 180 valence electrons. The van der Waals surface area contributed by atoms with Gasteiger partial charge in [-0.1, -0.05) is 48.5 Å². The maximum atomic E-state index is 12.1. The second-order valence-electron chi connectivity index (χ2n) is 7.39. The van der Waals surface area contributed by atoms with Gasteiger partial charge in [0.15, 0.2) is 0 Å². The molecule has 0 aromatic heterocycles. The second-order valence-corrected chi connectivity index (χ2v) is 7.39. The molecule has 0 aliphatic heterocycles. The monoisotopic (exact) mass is 461 g/mol. The van der Waals surface area contributed by atoms with E-state index >= 15 is 0 Å². The van der Waals surface area contributed by atoms with Crippen molar-refractivity contribution in [3.05, 3.63) is 59.7 Å². The Bertz CT molecular complexity index is 804. The van der Waals surface area contributed by atoms with E-state index in [0.29, 0.717) is 59.4 Å². The quantitative estimate of drug-likeness (QED) is 0.385. The van der Waals surface area contributed by atoms with Gasteiger partial charge in [0.25, 0.3) is 0 Å². The summed E-state index contributed by atoms with van der Waals surface area (Å²) < 4.78 is 38.3. The van der Waals surface area contributed by atoms with Crippen molar-refractivity contribution in [1.82, 2.24) is 5.32 Å². The summed E-state index contributed by atoms with van der Waals surface area (Å²) in [4.78, 5) is 12.1. The highest BCUT2D eigenvalue weighted by molar-refractivity contribution is 5.79. The molecule has 1 amide bonds. The Labute approximate surface area is 194 Å². The summed E-state index contributed by atoms with van der Waals surface area (Å²) in [6.07, 6.45) is -0.454. The topological polar surface area (TPSA) is 75.3 Å². The van der Waals surface area contributed by atoms with E-state index in [-0.39, 0.29) is 12.5 Å². The highest BCUT2D eigenvalue weighted by Crippen LogP contribution is 2.44. The lowest BCUT2D eigenvalue weighted by Crippen LogP contribution is -2.29. The molecule has 0 saturated carbocycles. The molecule has 0 spiro atoms. The van der Waals surface area contributed by atoms with Crippen molar-refractivity contribution >= 4 is 6.09 Å². The van der Waals surface area contributed by atoms with Crippen LogP contribution in [0.3, 0.4) is 0 Å². The fourth-order valence-electron chi connectivity index (χ4n) is 3.69. The van der Waals surface area contributed by atoms with Crippen molar-refractivity contribution in [1.29, 1.82) is 0 Å². The average Bonchev–Trinajstić information content (AvgIpc) is 3.16. The predicted molar refractivity (Wildman–Crippen MR) is 122 cm³/mol. The highest BCUT2D eigenvalue weighted by Gasteiger charge is 2.28. The van der Waals surface area contributed by atoms with Gasteiger partial charge in [0.05, 0.1) is 52.9 Å². The van der Waals surface area contributed by atoms with Crippen LogP contribution in [-0.4, -0.2) is 78.8 Å². The SMILES string of the molecule is O=C(NCCOCCOCCOCCOCCF)OCC1c2ccccc2-c2ccccc21. The molecule has 0 saturated heterocycles. The van der Waals surface area contributed by atoms with Crippen molar-refractivity contribution in [2.24, 2.45) is 0 Å². The molecule has 8 heteroatoms. The number of halogens is 1. The van der Waals surface area contributed by atoms with Gasteiger partial charge in [0, 0.05) is 12.5 Å². The summed E-state index contributed by atoms with van der Waals surface area (Å²) >= 11 is 0. The first-order valence-corrected chi connectivity index (χ1v) is 11.3. The number of fused-ring (bicyclic) bond motifs is 3. The molecule has 1 aliphatic carbocycles. The van der Waals surface area contributed by atoms with E-state index in [9.17, 15) is 9.18 Å². The number of amides is 1. The van der Waals surface area contributed by atoms with Crippen LogP contribution in [0.1, 0.15) is 17.0 Å². The minimum Gasteiger partial charge on any atom is -0.449 e. The maximum Gasteiger partial charge on any atom is 0.407 e. The lowest BCUT2D eigenvalue weighted by atomic mass is 9.98. The van der Waals surface area contributed by atoms with E-state index in [4.69, 9.17) is 23.7 Å². The Balaban J connectivity index is 1.21. The van der Waals surface area contributed by atoms with Gasteiger partial charge in [-0.3, -0.25) is 0 Å². The van der Waals surface area contributed by atoms with E-state index in [0.717, 1.165) is 0 Å². The number of hydrogen-bond acceptors (Lipinski definition) is 6. The Morgan fingerprint density at radius 2 is 1.21 bits per heavy atom. The molecule has 7 nitrogen and oxygen atoms in total. The Morgan fingerprint density at radius 3 is 1.76 bits per heavy atom. The molecular weight excluding hydrogens is 429 g/mol. The molecule has 0 radical (unpaired) electrons. The molecular formula is C25H32FNO6. The largest absolute Gasteiger partial charge is 0.449 e. The van der Waals surface area contributed by atoms with Crippen LogP contribution in [0.5, 0.6) is 0 Å². The molecule has 0 heterocycles. The molecule has 2 aromatic rings. The first-order chi connectivity index (χ1) is 16.3. The molecule has 1 aliphatic rings. The fourth-order valence-corrected chi connectivity index (χ4v) is 3.69. The number of hydrogen-bond donors (Lipinski definition) is 1. The van der Waals surface area contributed by atoms with Crippen molar-refractivity contribution in [2.45, 2.75) is 5.92 Å². The molecule has 3 rings (SSSR count). The third kappa shape index (κ3) is 8.08. The summed E-state index contributed by atoms with van der Waals surface area (Å²) in [5, 5.41) is 2.71. The minimum absolute atomic E-state index is 0.0446. The lowest BCUT2D eigenvalue weighted by molar-refractivity contribution is -0.00263. The first kappa shape index (κ1) is 25.1. The van der Waals surface area contributed by atoms with Crippen LogP contribution in [0, 0.1) is 0 Å². The number of alkyl carbamates (subject to hydrolysis) is 1. The van der Waals surface area contributed by atoms with Gasteiger partial charge in [0.2, 0.25) is 0 Å². The van der Waals surface area contributed by atoms with E-state index in [1.165, 1.54) is 22.3 Å². The molecule has 0 fully saturated rings. The van der Waals surface area contributed by atoms with Crippen LogP contribution in [0.25, 0.3) is 11.1 Å². The number of carbonyl (C=O) groups is 1. The van der Waals surface area contributed by atoms with Gasteiger partial charge in [-0.05, 0) is 22.3 Å². The van der Waals surface area contributed by atoms with Crippen LogP contribution < -0.4 is 5.32 Å². The number of rotatable bonds is 16. The Hall–Kier alpha value is -2.52. The van der Waals surface area contributed by atoms with Gasteiger partial charge in [-0.25, -0.2) is 9.18 Å². The Kier molecular flexibility index (Phi) is 11.1. The van der Waals surface area contributed by atoms with Crippen molar-refractivity contribution in [3.63, 3.8) is 0 Å². The number of nitrogens with one attached hydrogen (secondary N) is 1. The van der Waals surface area contributed by atoms with Crippen LogP contribution >= 0.6 is 0 Å². The maximum absolute atomic E-state index is 12.1. The second kappa shape index (κ2) is 14.6. The highest BCUT2D eigenvalue weighted by atomic mass is 19.1. The van der Waals surface area contributed by atoms with Gasteiger partial charge in [-0.15, -0.1) is 0 Å². The number of benzene rings is 2. The number of carbonyl (C=O) groups excluding carboxylic acids is 1. The van der Waals surface area contributed by atoms with Gasteiger partial charge >= 0.3 is 6.09 Å². The molecule has 0 bridgehead atoms. The van der Waals surface area contributed by atoms with Crippen LogP contribution in [-0.2, 0) is 23.7 Å². The molecule has 0 unspecified atom stereocenters. The van der Waals surface area contributed by atoms with E-state index in [2.05, 4.69) is 29.6 Å². The van der Waals surface area contributed by atoms with Gasteiger partial charge < -0.3 is 29.0 Å². The predicted octanol–water partition coefficient (Wildman–Crippen LogP) is 3.56. The van der Waals surface area contributed by atoms with Crippen molar-refractivity contribution < 1.29 is 32.9 Å². The smallest absolute Gasteiger partial charge is 0.407 e. The summed E-state index contributed by atoms with van der Waals surface area (Å²) in [6.45, 7) is 3.20. The standard InChI is InChI=1S/C25H32FNO6/c26-9-11-29-13-15-31-17-18-32-16-14-30-12-10-27-25(28)33-19-24-22-7-3-1-5-20(22)21-6-2-4-8-23(21)24/h1-8,24H,9-19H2,(H,27,28). The van der Waals surface area contributed by atoms with Gasteiger partial charge in [-0.2, -0.15) is 0 Å². The molecule has 0 atom stereocenters. The summed E-state index contributed by atoms with van der Waals surface area (Å²) in [5.74, 6) is 0.0446. The van der Waals surface area contributed by atoms with Crippen LogP contribution in [0.15, 0.2) is 48.5 Å². The van der Waals surface area contributed by atoms with Crippen molar-refractivity contribution in [2.75, 3.05) is 72.7 Å². The number of alkyl halides is 1. The normalized spacial score (nSPS) is 12.4. The number of ether oxygens (including phenoxy) is 5. The zero-order chi connectivity index (χ0) is 23.1. The molecule has 2 aromatic carbocycles. The third-order valence-corrected chi connectivity index (χ3v) is 5.20. The van der Waals surface area contributed by atoms with E-state index in [1.807, 2.05) is 24.3 Å². The summed E-state index contributed by atoms with van der Waals surface area (Å²) in [6, 6.07) is 16.5. The molecule has 1 N–H and O–H groups in total. The fraction of sp³-hybridized carbons (Fsp3) is 0.480. The summed E-state index contributed by atoms with van der Waals surface area (Å²) in [5.41, 5.74) is 4.77. The van der Waals surface area contributed by atoms with Gasteiger partial charge in [0.1, 0.15) is 13.3 Å². The Morgan fingerprint density at radius 1 is 0.727 bits per heavy atom. The zero-order valence-corrected chi connectivity index (χ0v) is 18.8. The zero-order valence-electron chi connectivity index (χ0n) is 18.8. The minimum atomic E-state index is -0.482. The summed E-state index contributed by atoms with van der Waals surface area (Å²) in [7, 11) is 0. The van der Waals surface area contributed by atoms with Crippen LogP contribution in [0.4, 0.5) is 9.18 Å². The first-order valence-electron chi connectivity index (χ1n) is 11.3. The molecule has 33 heavy (non-hydrogen) atoms. The third-order valence-electron chi connectivity index (χ3n) is 5.20. The lowest BCUT2D eigenvalue weighted by Gasteiger charge is -2.14. The van der Waals surface area contributed by atoms with Crippen molar-refractivity contribution in [3.8, 4) is 11.1 Å². The van der Waals surface area contributed by atoms with Crippen LogP contribution in [0.2, 0.25) is 0 Å². The van der Waals surface area contributed by atoms with E-state index < -0.39 is 12.8 Å². The van der Waals surface area contributed by atoms with E-state index in [1.54, 1.807) is 0 Å².